The fourth-order valence-corrected chi connectivity index (χ4v) is 2.80. The molecular weight excluding hydrogens is 349 g/mol. The Balaban J connectivity index is 1.54. The second kappa shape index (κ2) is 12.5. The van der Waals surface area contributed by atoms with E-state index in [1.54, 1.807) is 25.2 Å². The van der Waals surface area contributed by atoms with Crippen LogP contribution in [0.25, 0.3) is 0 Å². The molecule has 0 amide bonds. The molecule has 2 N–H and O–H groups in total. The number of nitrogens with one attached hydrogen (secondary N) is 2. The van der Waals surface area contributed by atoms with Gasteiger partial charge in [-0.15, -0.1) is 0 Å². The molecule has 1 fully saturated rings. The van der Waals surface area contributed by atoms with Gasteiger partial charge in [0.2, 0.25) is 0 Å². The zero-order valence-corrected chi connectivity index (χ0v) is 16.4. The molecule has 1 aliphatic rings. The Labute approximate surface area is 161 Å². The highest BCUT2D eigenvalue weighted by molar-refractivity contribution is 5.79. The van der Waals surface area contributed by atoms with Crippen molar-refractivity contribution in [3.8, 4) is 5.75 Å². The Hall–Kier alpha value is -1.86. The summed E-state index contributed by atoms with van der Waals surface area (Å²) in [5, 5.41) is 6.44. The van der Waals surface area contributed by atoms with E-state index in [4.69, 9.17) is 14.2 Å². The Morgan fingerprint density at radius 2 is 2.07 bits per heavy atom. The molecule has 1 aromatic carbocycles. The predicted molar refractivity (Wildman–Crippen MR) is 105 cm³/mol. The molecular formula is C20H32FN3O3. The molecule has 1 unspecified atom stereocenters. The number of rotatable bonds is 10. The number of guanidine groups is 1. The third kappa shape index (κ3) is 8.58. The number of ether oxygens (including phenoxy) is 3. The minimum Gasteiger partial charge on any atom is -0.486 e. The van der Waals surface area contributed by atoms with E-state index in [9.17, 15) is 4.39 Å². The SMILES string of the molecule is CN=C(NCCCOCC1CCOCC1)NCC(C)Oc1ccccc1F. The average Bonchev–Trinajstić information content (AvgIpc) is 2.69. The molecule has 27 heavy (non-hydrogen) atoms. The van der Waals surface area contributed by atoms with Crippen molar-refractivity contribution in [3.63, 3.8) is 0 Å². The largest absolute Gasteiger partial charge is 0.486 e. The van der Waals surface area contributed by atoms with Gasteiger partial charge in [0.1, 0.15) is 6.10 Å². The van der Waals surface area contributed by atoms with E-state index in [0.717, 1.165) is 52.2 Å². The number of halogens is 1. The first-order chi connectivity index (χ1) is 13.2. The number of hydrogen-bond acceptors (Lipinski definition) is 4. The van der Waals surface area contributed by atoms with Crippen LogP contribution in [0, 0.1) is 11.7 Å². The average molecular weight is 381 g/mol. The number of hydrogen-bond donors (Lipinski definition) is 2. The summed E-state index contributed by atoms with van der Waals surface area (Å²) in [4.78, 5) is 4.19. The Morgan fingerprint density at radius 1 is 1.30 bits per heavy atom. The molecule has 0 saturated carbocycles. The molecule has 0 bridgehead atoms. The third-order valence-electron chi connectivity index (χ3n) is 4.40. The first-order valence-corrected chi connectivity index (χ1v) is 9.70. The predicted octanol–water partition coefficient (Wildman–Crippen LogP) is 2.59. The van der Waals surface area contributed by atoms with Gasteiger partial charge >= 0.3 is 0 Å². The standard InChI is InChI=1S/C20H32FN3O3/c1-16(27-19-7-4-3-6-18(19)21)14-24-20(22-2)23-10-5-11-26-15-17-8-12-25-13-9-17/h3-4,6-7,16-17H,5,8-15H2,1-2H3,(H2,22,23,24). The highest BCUT2D eigenvalue weighted by Gasteiger charge is 2.13. The highest BCUT2D eigenvalue weighted by atomic mass is 19.1. The third-order valence-corrected chi connectivity index (χ3v) is 4.40. The topological polar surface area (TPSA) is 64.1 Å². The zero-order chi connectivity index (χ0) is 19.3. The van der Waals surface area contributed by atoms with Crippen LogP contribution in [-0.2, 0) is 9.47 Å². The van der Waals surface area contributed by atoms with Gasteiger partial charge in [-0.1, -0.05) is 12.1 Å². The van der Waals surface area contributed by atoms with Crippen molar-refractivity contribution in [3.05, 3.63) is 30.1 Å². The fraction of sp³-hybridized carbons (Fsp3) is 0.650. The summed E-state index contributed by atoms with van der Waals surface area (Å²) >= 11 is 0. The summed E-state index contributed by atoms with van der Waals surface area (Å²) in [5.41, 5.74) is 0. The van der Waals surface area contributed by atoms with Crippen molar-refractivity contribution in [2.75, 3.05) is 46.6 Å². The summed E-state index contributed by atoms with van der Waals surface area (Å²) in [6.45, 7) is 6.45. The molecule has 7 heteroatoms. The van der Waals surface area contributed by atoms with E-state index in [0.29, 0.717) is 18.4 Å². The van der Waals surface area contributed by atoms with E-state index in [-0.39, 0.29) is 17.7 Å². The Bertz CT molecular complexity index is 565. The van der Waals surface area contributed by atoms with E-state index in [2.05, 4.69) is 15.6 Å². The summed E-state index contributed by atoms with van der Waals surface area (Å²) < 4.78 is 30.3. The van der Waals surface area contributed by atoms with Gasteiger partial charge in [-0.3, -0.25) is 4.99 Å². The second-order valence-corrected chi connectivity index (χ2v) is 6.72. The minimum atomic E-state index is -0.354. The van der Waals surface area contributed by atoms with Crippen LogP contribution in [0.4, 0.5) is 4.39 Å². The molecule has 0 radical (unpaired) electrons. The molecule has 1 aromatic rings. The van der Waals surface area contributed by atoms with Crippen LogP contribution in [0.1, 0.15) is 26.2 Å². The first kappa shape index (κ1) is 21.4. The Morgan fingerprint density at radius 3 is 2.81 bits per heavy atom. The van der Waals surface area contributed by atoms with Gasteiger partial charge < -0.3 is 24.8 Å². The highest BCUT2D eigenvalue weighted by Crippen LogP contribution is 2.16. The summed E-state index contributed by atoms with van der Waals surface area (Å²) in [6.07, 6.45) is 2.91. The van der Waals surface area contributed by atoms with Crippen molar-refractivity contribution < 1.29 is 18.6 Å². The van der Waals surface area contributed by atoms with Crippen LogP contribution in [-0.4, -0.2) is 58.6 Å². The van der Waals surface area contributed by atoms with Crippen molar-refractivity contribution in [2.45, 2.75) is 32.3 Å². The zero-order valence-electron chi connectivity index (χ0n) is 16.4. The summed E-state index contributed by atoms with van der Waals surface area (Å²) in [7, 11) is 1.72. The lowest BCUT2D eigenvalue weighted by Gasteiger charge is -2.21. The second-order valence-electron chi connectivity index (χ2n) is 6.72. The molecule has 2 rings (SSSR count). The quantitative estimate of drug-likeness (QED) is 0.371. The lowest BCUT2D eigenvalue weighted by atomic mass is 10.0. The summed E-state index contributed by atoms with van der Waals surface area (Å²) in [6, 6.07) is 6.41. The van der Waals surface area contributed by atoms with Crippen molar-refractivity contribution in [1.82, 2.24) is 10.6 Å². The number of nitrogens with zero attached hydrogens (tertiary/aromatic N) is 1. The molecule has 1 heterocycles. The maximum absolute atomic E-state index is 13.6. The lowest BCUT2D eigenvalue weighted by molar-refractivity contribution is 0.0203. The smallest absolute Gasteiger partial charge is 0.191 e. The van der Waals surface area contributed by atoms with Crippen LogP contribution in [0.3, 0.4) is 0 Å². The summed E-state index contributed by atoms with van der Waals surface area (Å²) in [5.74, 6) is 1.24. The van der Waals surface area contributed by atoms with Crippen LogP contribution in [0.2, 0.25) is 0 Å². The number of benzene rings is 1. The minimum absolute atomic E-state index is 0.191. The van der Waals surface area contributed by atoms with Gasteiger partial charge in [-0.05, 0) is 44.2 Å². The van der Waals surface area contributed by atoms with E-state index >= 15 is 0 Å². The number of aliphatic imine (C=N–C) groups is 1. The lowest BCUT2D eigenvalue weighted by Crippen LogP contribution is -2.42. The van der Waals surface area contributed by atoms with Gasteiger partial charge in [0.25, 0.3) is 0 Å². The van der Waals surface area contributed by atoms with Crippen LogP contribution >= 0.6 is 0 Å². The normalized spacial score (nSPS) is 16.8. The van der Waals surface area contributed by atoms with Crippen molar-refractivity contribution >= 4 is 5.96 Å². The maximum atomic E-state index is 13.6. The molecule has 1 saturated heterocycles. The molecule has 152 valence electrons. The van der Waals surface area contributed by atoms with Crippen LogP contribution < -0.4 is 15.4 Å². The molecule has 0 aliphatic carbocycles. The first-order valence-electron chi connectivity index (χ1n) is 9.70. The van der Waals surface area contributed by atoms with Gasteiger partial charge in [0.15, 0.2) is 17.5 Å². The monoisotopic (exact) mass is 381 g/mol. The Kier molecular flexibility index (Phi) is 9.94. The van der Waals surface area contributed by atoms with E-state index in [1.807, 2.05) is 6.92 Å². The van der Waals surface area contributed by atoms with Gasteiger partial charge in [-0.2, -0.15) is 0 Å². The van der Waals surface area contributed by atoms with Gasteiger partial charge in [-0.25, -0.2) is 4.39 Å². The van der Waals surface area contributed by atoms with Gasteiger partial charge in [0.05, 0.1) is 6.54 Å². The molecule has 6 nitrogen and oxygen atoms in total. The van der Waals surface area contributed by atoms with E-state index in [1.165, 1.54) is 6.07 Å². The molecule has 0 aromatic heterocycles. The number of para-hydroxylation sites is 1. The van der Waals surface area contributed by atoms with Gasteiger partial charge in [0, 0.05) is 40.0 Å². The van der Waals surface area contributed by atoms with E-state index < -0.39 is 0 Å². The maximum Gasteiger partial charge on any atom is 0.191 e. The van der Waals surface area contributed by atoms with Crippen molar-refractivity contribution in [2.24, 2.45) is 10.9 Å². The van der Waals surface area contributed by atoms with Crippen molar-refractivity contribution in [1.29, 1.82) is 0 Å². The molecule has 1 atom stereocenters. The van der Waals surface area contributed by atoms with Crippen LogP contribution in [0.15, 0.2) is 29.3 Å². The van der Waals surface area contributed by atoms with Crippen LogP contribution in [0.5, 0.6) is 5.75 Å². The molecule has 0 spiro atoms. The molecule has 1 aliphatic heterocycles. The fourth-order valence-electron chi connectivity index (χ4n) is 2.80.